The van der Waals surface area contributed by atoms with E-state index >= 15 is 0 Å². The fourth-order valence-electron chi connectivity index (χ4n) is 7.16. The third-order valence-electron chi connectivity index (χ3n) is 10.3. The molecule has 5 atom stereocenters. The number of rotatable bonds is 7. The SMILES string of the molecule is C=C[C@@H]1C[C@]1(NC(=O)[C@@H]1C[C@@H]2CN1C(=O)[C@H](C(C)C)NCCCCC/C=C/c1cccc3c1CN(C3)C(=O)O2)C(=O)NS(=O)(=O)C1CC1. The van der Waals surface area contributed by atoms with E-state index in [1.807, 2.05) is 26.0 Å². The number of fused-ring (bicyclic) bond motifs is 3. The van der Waals surface area contributed by atoms with Crippen LogP contribution in [0.15, 0.2) is 36.9 Å². The summed E-state index contributed by atoms with van der Waals surface area (Å²) in [6.07, 6.45) is 9.54. The largest absolute Gasteiger partial charge is 0.444 e. The summed E-state index contributed by atoms with van der Waals surface area (Å²) in [5.74, 6) is -2.24. The number of carbonyl (C=O) groups excluding carboxylic acids is 4. The highest BCUT2D eigenvalue weighted by Gasteiger charge is 2.62. The molecule has 3 heterocycles. The second-order valence-electron chi connectivity index (χ2n) is 14.2. The van der Waals surface area contributed by atoms with Gasteiger partial charge >= 0.3 is 6.09 Å². The van der Waals surface area contributed by atoms with Crippen LogP contribution in [0.25, 0.3) is 6.08 Å². The Kier molecular flexibility index (Phi) is 9.72. The number of amides is 4. The number of sulfonamides is 1. The van der Waals surface area contributed by atoms with E-state index in [1.54, 1.807) is 4.90 Å². The van der Waals surface area contributed by atoms with Crippen LogP contribution in [-0.4, -0.2) is 84.1 Å². The Balaban J connectivity index is 1.24. The summed E-state index contributed by atoms with van der Waals surface area (Å²) in [7, 11) is -3.85. The van der Waals surface area contributed by atoms with Crippen molar-refractivity contribution < 1.29 is 32.3 Å². The van der Waals surface area contributed by atoms with E-state index in [0.717, 1.165) is 42.4 Å². The molecule has 3 N–H and O–H groups in total. The van der Waals surface area contributed by atoms with Gasteiger partial charge in [0.25, 0.3) is 5.91 Å². The highest BCUT2D eigenvalue weighted by atomic mass is 32.2. The smallest absolute Gasteiger partial charge is 0.410 e. The van der Waals surface area contributed by atoms with E-state index in [9.17, 15) is 27.6 Å². The van der Waals surface area contributed by atoms with Gasteiger partial charge in [-0.05, 0) is 67.7 Å². The quantitative estimate of drug-likeness (QED) is 0.372. The minimum absolute atomic E-state index is 0.0163. The van der Waals surface area contributed by atoms with Crippen molar-refractivity contribution in [3.05, 3.63) is 53.6 Å². The van der Waals surface area contributed by atoms with E-state index in [0.29, 0.717) is 32.5 Å². The zero-order valence-electron chi connectivity index (χ0n) is 27.8. The molecule has 260 valence electrons. The van der Waals surface area contributed by atoms with Gasteiger partial charge in [0.1, 0.15) is 17.7 Å². The molecule has 5 aliphatic rings. The van der Waals surface area contributed by atoms with Gasteiger partial charge in [-0.15, -0.1) is 6.58 Å². The summed E-state index contributed by atoms with van der Waals surface area (Å²) < 4.78 is 33.3. The second kappa shape index (κ2) is 13.7. The van der Waals surface area contributed by atoms with Crippen molar-refractivity contribution in [3.8, 4) is 0 Å². The average Bonchev–Trinajstić information content (AvgIpc) is 3.93. The van der Waals surface area contributed by atoms with Crippen LogP contribution in [0, 0.1) is 11.8 Å². The van der Waals surface area contributed by atoms with Crippen LogP contribution in [-0.2, 0) is 42.2 Å². The lowest BCUT2D eigenvalue weighted by Gasteiger charge is -2.31. The maximum Gasteiger partial charge on any atom is 0.410 e. The van der Waals surface area contributed by atoms with Gasteiger partial charge in [-0.2, -0.15) is 0 Å². The molecule has 1 aromatic rings. The Morgan fingerprint density at radius 3 is 2.65 bits per heavy atom. The predicted molar refractivity (Wildman–Crippen MR) is 179 cm³/mol. The van der Waals surface area contributed by atoms with Crippen LogP contribution < -0.4 is 15.4 Å². The fraction of sp³-hybridized carbons (Fsp3) is 0.600. The van der Waals surface area contributed by atoms with E-state index < -0.39 is 62.8 Å². The molecule has 1 aromatic carbocycles. The van der Waals surface area contributed by atoms with Crippen molar-refractivity contribution in [2.45, 2.75) is 107 Å². The Hall–Kier alpha value is -3.71. The Labute approximate surface area is 282 Å². The zero-order chi connectivity index (χ0) is 34.2. The molecule has 1 saturated heterocycles. The Morgan fingerprint density at radius 1 is 1.15 bits per heavy atom. The third-order valence-corrected chi connectivity index (χ3v) is 12.1. The van der Waals surface area contributed by atoms with Gasteiger partial charge in [-0.1, -0.05) is 56.7 Å². The van der Waals surface area contributed by atoms with Gasteiger partial charge < -0.3 is 20.3 Å². The maximum atomic E-state index is 14.2. The van der Waals surface area contributed by atoms with Gasteiger partial charge in [-0.3, -0.25) is 24.0 Å². The lowest BCUT2D eigenvalue weighted by atomic mass is 10.0. The first-order valence-corrected chi connectivity index (χ1v) is 18.8. The molecule has 0 radical (unpaired) electrons. The highest BCUT2D eigenvalue weighted by molar-refractivity contribution is 7.91. The first-order valence-electron chi connectivity index (χ1n) is 17.2. The molecule has 0 aromatic heterocycles. The molecule has 48 heavy (non-hydrogen) atoms. The van der Waals surface area contributed by atoms with Crippen molar-refractivity contribution in [3.63, 3.8) is 0 Å². The summed E-state index contributed by atoms with van der Waals surface area (Å²) in [5, 5.41) is 5.60. The van der Waals surface area contributed by atoms with Crippen molar-refractivity contribution in [1.29, 1.82) is 0 Å². The average molecular weight is 682 g/mol. The number of nitrogens with zero attached hydrogens (tertiary/aromatic N) is 2. The molecule has 12 nitrogen and oxygen atoms in total. The second-order valence-corrected chi connectivity index (χ2v) is 16.2. The highest BCUT2D eigenvalue weighted by Crippen LogP contribution is 2.45. The van der Waals surface area contributed by atoms with Gasteiger partial charge in [0.15, 0.2) is 0 Å². The summed E-state index contributed by atoms with van der Waals surface area (Å²) in [5.41, 5.74) is 1.74. The van der Waals surface area contributed by atoms with E-state index in [2.05, 4.69) is 40.2 Å². The molecule has 0 spiro atoms. The number of benzene rings is 1. The van der Waals surface area contributed by atoms with Crippen molar-refractivity contribution in [2.75, 3.05) is 13.1 Å². The minimum Gasteiger partial charge on any atom is -0.444 e. The first kappa shape index (κ1) is 34.2. The third kappa shape index (κ3) is 7.03. The molecule has 3 fully saturated rings. The van der Waals surface area contributed by atoms with Crippen LogP contribution >= 0.6 is 0 Å². The van der Waals surface area contributed by atoms with Crippen molar-refractivity contribution in [1.82, 2.24) is 25.2 Å². The van der Waals surface area contributed by atoms with Crippen LogP contribution in [0.3, 0.4) is 0 Å². The molecule has 3 aliphatic heterocycles. The number of hydrogen-bond acceptors (Lipinski definition) is 8. The van der Waals surface area contributed by atoms with Crippen LogP contribution in [0.5, 0.6) is 0 Å². The number of ether oxygens (including phenoxy) is 1. The lowest BCUT2D eigenvalue weighted by molar-refractivity contribution is -0.142. The summed E-state index contributed by atoms with van der Waals surface area (Å²) in [6, 6.07) is 4.44. The van der Waals surface area contributed by atoms with Crippen molar-refractivity contribution >= 4 is 39.9 Å². The topological polar surface area (TPSA) is 154 Å². The molecule has 13 heteroatoms. The maximum absolute atomic E-state index is 14.2. The van der Waals surface area contributed by atoms with Crippen molar-refractivity contribution in [2.24, 2.45) is 11.8 Å². The number of allylic oxidation sites excluding steroid dienone is 1. The van der Waals surface area contributed by atoms with E-state index in [1.165, 1.54) is 11.0 Å². The molecule has 4 bridgehead atoms. The van der Waals surface area contributed by atoms with Gasteiger partial charge in [0.2, 0.25) is 21.8 Å². The van der Waals surface area contributed by atoms with Gasteiger partial charge in [0, 0.05) is 18.9 Å². The van der Waals surface area contributed by atoms with E-state index in [4.69, 9.17) is 4.74 Å². The fourth-order valence-corrected chi connectivity index (χ4v) is 8.53. The molecule has 0 unspecified atom stereocenters. The molecular formula is C35H47N5O7S. The number of nitrogens with one attached hydrogen (secondary N) is 3. The van der Waals surface area contributed by atoms with Crippen LogP contribution in [0.4, 0.5) is 4.79 Å². The van der Waals surface area contributed by atoms with E-state index in [-0.39, 0.29) is 31.2 Å². The van der Waals surface area contributed by atoms with Crippen LogP contribution in [0.1, 0.15) is 81.9 Å². The monoisotopic (exact) mass is 681 g/mol. The number of hydrogen-bond donors (Lipinski definition) is 3. The summed E-state index contributed by atoms with van der Waals surface area (Å²) in [6.45, 7) is 9.10. The van der Waals surface area contributed by atoms with Gasteiger partial charge in [0.05, 0.1) is 24.4 Å². The molecular weight excluding hydrogens is 634 g/mol. The van der Waals surface area contributed by atoms with Gasteiger partial charge in [-0.25, -0.2) is 13.2 Å². The zero-order valence-corrected chi connectivity index (χ0v) is 28.6. The minimum atomic E-state index is -3.85. The number of carbonyl (C=O) groups is 4. The predicted octanol–water partition coefficient (Wildman–Crippen LogP) is 2.98. The summed E-state index contributed by atoms with van der Waals surface area (Å²) >= 11 is 0. The molecule has 2 saturated carbocycles. The Bertz CT molecular complexity index is 1610. The normalized spacial score (nSPS) is 30.1. The van der Waals surface area contributed by atoms with Crippen LogP contribution in [0.2, 0.25) is 0 Å². The molecule has 2 aliphatic carbocycles. The lowest BCUT2D eigenvalue weighted by Crippen LogP contribution is -2.58. The summed E-state index contributed by atoms with van der Waals surface area (Å²) in [4.78, 5) is 58.2. The molecule has 6 rings (SSSR count). The standard InChI is InChI=1S/C35H47N5O7S/c1-4-25-18-35(25,33(43)38-48(45,46)27-14-15-27)37-31(41)29-17-26-20-40(29)32(42)30(22(2)3)36-16-9-7-5-6-8-11-23-12-10-13-24-19-39(21-28(23)24)34(44)47-26/h4,8,10-13,22,25-27,29-30,36H,1,5-7,9,14-21H2,2-3H3,(H,37,41)(H,38,43)/b11-8+/t25-,26-,29+,30+,35-/m1/s1. The Morgan fingerprint density at radius 2 is 1.94 bits per heavy atom. The first-order chi connectivity index (χ1) is 22.9. The molecule has 4 amide bonds.